The third-order valence-electron chi connectivity index (χ3n) is 12.7. The predicted molar refractivity (Wildman–Crippen MR) is 289 cm³/mol. The van der Waals surface area contributed by atoms with Gasteiger partial charge in [0.15, 0.2) is 0 Å². The summed E-state index contributed by atoms with van der Waals surface area (Å²) in [6.07, 6.45) is 1.95. The van der Waals surface area contributed by atoms with Gasteiger partial charge in [0.2, 0.25) is 0 Å². The number of imidazole rings is 1. The van der Waals surface area contributed by atoms with Crippen molar-refractivity contribution in [3.63, 3.8) is 0 Å². The number of pyridine rings is 1. The Kier molecular flexibility index (Phi) is 13.3. The van der Waals surface area contributed by atoms with Crippen molar-refractivity contribution >= 4 is 50.6 Å². The van der Waals surface area contributed by atoms with Crippen LogP contribution in [-0.4, -0.2) is 27.8 Å². The fourth-order valence-electron chi connectivity index (χ4n) is 8.99. The summed E-state index contributed by atoms with van der Waals surface area (Å²) in [4.78, 5) is 9.70. The van der Waals surface area contributed by atoms with Crippen molar-refractivity contribution in [3.05, 3.63) is 217 Å². The van der Waals surface area contributed by atoms with Gasteiger partial charge in [-0.2, -0.15) is 0 Å². The van der Waals surface area contributed by atoms with Gasteiger partial charge in [0.1, 0.15) is 5.58 Å². The van der Waals surface area contributed by atoms with Gasteiger partial charge in [0.05, 0.1) is 22.4 Å². The van der Waals surface area contributed by atoms with Crippen LogP contribution in [0.1, 0.15) is 53.4 Å². The molecule has 0 N–H and O–H groups in total. The van der Waals surface area contributed by atoms with Gasteiger partial charge in [0, 0.05) is 33.9 Å². The van der Waals surface area contributed by atoms with Gasteiger partial charge in [-0.15, -0.1) is 18.2 Å². The van der Waals surface area contributed by atoms with Crippen LogP contribution in [0.15, 0.2) is 193 Å². The Morgan fingerprint density at radius 2 is 1.21 bits per heavy atom. The molecule has 0 aliphatic carbocycles. The van der Waals surface area contributed by atoms with Gasteiger partial charge >= 0.3 is 104 Å². The molecule has 0 aliphatic rings. The van der Waals surface area contributed by atoms with Crippen LogP contribution in [0.2, 0.25) is 17.3 Å². The van der Waals surface area contributed by atoms with Crippen LogP contribution in [0.5, 0.6) is 0 Å². The van der Waals surface area contributed by atoms with Crippen LogP contribution in [0.4, 0.5) is 4.39 Å². The summed E-state index contributed by atoms with van der Waals surface area (Å²) in [5, 5.41) is 2.00. The average molecular weight is 1150 g/mol. The van der Waals surface area contributed by atoms with Gasteiger partial charge in [-0.25, -0.2) is 0 Å². The van der Waals surface area contributed by atoms with Gasteiger partial charge in [-0.3, -0.25) is 4.98 Å². The summed E-state index contributed by atoms with van der Waals surface area (Å²) in [7, 11) is 0. The van der Waals surface area contributed by atoms with Crippen molar-refractivity contribution in [1.29, 1.82) is 0 Å². The minimum atomic E-state index is -1.79. The van der Waals surface area contributed by atoms with Gasteiger partial charge in [-0.05, 0) is 86.6 Å². The van der Waals surface area contributed by atoms with Crippen molar-refractivity contribution in [3.8, 4) is 61.7 Å². The number of halogens is 1. The maximum absolute atomic E-state index is 12.8. The first kappa shape index (κ1) is 45.7. The van der Waals surface area contributed by atoms with E-state index in [1.807, 2.05) is 94.6 Å². The van der Waals surface area contributed by atoms with Gasteiger partial charge in [0.25, 0.3) is 0 Å². The standard InChI is InChI=1S/C49H39N2O.C14H15FGeN.Ir/c1-31(2)42-28-38(36-24-22-35(23-25-36)33-14-7-5-8-15-33)29-43(32(3)4)47(42)51-45-21-12-11-20-44(45)50-49(51)41-19-13-18-40-39-27-26-37(30-46(39)52-48(40)41)34-16-9-6-10-17-34;1-16(2,3)13-8-9-14(17-10-13)11-4-6-12(15)7-5-11;/h5-18,20-32H,1-4H3;4,6-10H,1-3H3;/q2*-1;/i31D,32D;;. The molecule has 0 unspecified atom stereocenters. The first-order valence-corrected chi connectivity index (χ1v) is 30.8. The summed E-state index contributed by atoms with van der Waals surface area (Å²) < 4.78 is 42.2. The quantitative estimate of drug-likeness (QED) is 0.107. The molecule has 0 saturated heterocycles. The molecule has 11 rings (SSSR count). The predicted octanol–water partition coefficient (Wildman–Crippen LogP) is 16.9. The number of aromatic nitrogens is 3. The second-order valence-electron chi connectivity index (χ2n) is 19.0. The van der Waals surface area contributed by atoms with E-state index >= 15 is 0 Å². The Hall–Kier alpha value is -6.70. The van der Waals surface area contributed by atoms with Crippen molar-refractivity contribution in [2.24, 2.45) is 0 Å². The van der Waals surface area contributed by atoms with E-state index in [4.69, 9.17) is 9.40 Å². The minimum Gasteiger partial charge on any atom is 0 e. The summed E-state index contributed by atoms with van der Waals surface area (Å²) >= 11 is -1.79. The van der Waals surface area contributed by atoms with Crippen molar-refractivity contribution < 1.29 is 31.7 Å². The molecule has 70 heavy (non-hydrogen) atoms. The van der Waals surface area contributed by atoms with E-state index in [1.54, 1.807) is 6.07 Å². The Morgan fingerprint density at radius 1 is 0.614 bits per heavy atom. The van der Waals surface area contributed by atoms with Crippen LogP contribution >= 0.6 is 0 Å². The molecule has 0 fully saturated rings. The average Bonchev–Trinajstić information content (AvgIpc) is 3.95. The van der Waals surface area contributed by atoms with Crippen molar-refractivity contribution in [2.45, 2.75) is 56.8 Å². The number of benzene rings is 8. The molecule has 11 aromatic rings. The van der Waals surface area contributed by atoms with Crippen LogP contribution in [0, 0.1) is 17.9 Å². The fourth-order valence-corrected chi connectivity index (χ4v) is 11.2. The Labute approximate surface area is 429 Å². The molecule has 0 aliphatic heterocycles. The molecule has 1 radical (unpaired) electrons. The molecule has 0 bridgehead atoms. The normalized spacial score (nSPS) is 12.3. The third kappa shape index (κ3) is 9.74. The summed E-state index contributed by atoms with van der Waals surface area (Å²) in [6, 6.07) is 66.9. The van der Waals surface area contributed by atoms with E-state index in [2.05, 4.69) is 142 Å². The molecular formula is C63H54FGeIrN3O-2. The molecule has 0 atom stereocenters. The molecule has 0 saturated carbocycles. The number of hydrogen-bond donors (Lipinski definition) is 0. The molecule has 3 heterocycles. The first-order chi connectivity index (χ1) is 34.0. The Bertz CT molecular complexity index is 3650. The third-order valence-corrected chi connectivity index (χ3v) is 17.0. The SMILES string of the molecule is [2H]C(C)(C)c1cc(-c2ccc(-c3ccccc3)cc2)cc(C([2H])(C)C)c1-n1c(-c2[c-]ccc3c2oc2cc(-c4ccccc4)ccc23)nc2ccccc21.[CH3][Ge]([CH3])([CH3])[c]1ccc(-c2[c-]cc(F)cc2)nc1.[Ir]. The maximum Gasteiger partial charge on any atom is 0 e. The second-order valence-corrected chi connectivity index (χ2v) is 29.7. The van der Waals surface area contributed by atoms with E-state index < -0.39 is 25.1 Å². The number of fused-ring (bicyclic) bond motifs is 4. The monoisotopic (exact) mass is 1160 g/mol. The topological polar surface area (TPSA) is 43.9 Å². The number of hydrogen-bond acceptors (Lipinski definition) is 3. The van der Waals surface area contributed by atoms with Crippen LogP contribution in [0.25, 0.3) is 94.7 Å². The Balaban J connectivity index is 0.000000302. The molecule has 0 amide bonds. The maximum atomic E-state index is 12.8. The van der Waals surface area contributed by atoms with Crippen LogP contribution < -0.4 is 4.40 Å². The zero-order valence-corrected chi connectivity index (χ0v) is 44.9. The van der Waals surface area contributed by atoms with Gasteiger partial charge < -0.3 is 8.98 Å². The first-order valence-electron chi connectivity index (χ1n) is 24.4. The van der Waals surface area contributed by atoms with E-state index in [0.29, 0.717) is 11.4 Å². The van der Waals surface area contributed by atoms with E-state index in [9.17, 15) is 7.13 Å². The Morgan fingerprint density at radius 3 is 1.81 bits per heavy atom. The van der Waals surface area contributed by atoms with Crippen molar-refractivity contribution in [2.75, 3.05) is 0 Å². The fraction of sp³-hybridized carbons (Fsp3) is 0.143. The molecule has 4 nitrogen and oxygen atoms in total. The summed E-state index contributed by atoms with van der Waals surface area (Å²) in [6.45, 7) is 7.68. The van der Waals surface area contributed by atoms with E-state index in [-0.39, 0.29) is 25.9 Å². The van der Waals surface area contributed by atoms with E-state index in [0.717, 1.165) is 94.4 Å². The smallest absolute Gasteiger partial charge is 0 e. The number of rotatable bonds is 9. The van der Waals surface area contributed by atoms with Gasteiger partial charge in [-0.1, -0.05) is 148 Å². The molecule has 3 aromatic heterocycles. The number of furan rings is 1. The molecule has 7 heteroatoms. The van der Waals surface area contributed by atoms with Crippen LogP contribution in [0.3, 0.4) is 0 Å². The summed E-state index contributed by atoms with van der Waals surface area (Å²) in [5.74, 6) is 5.33. The zero-order chi connectivity index (χ0) is 49.7. The second kappa shape index (κ2) is 20.3. The summed E-state index contributed by atoms with van der Waals surface area (Å²) in [5.41, 5.74) is 14.5. The molecular weight excluding hydrogens is 1100 g/mol. The molecule has 0 spiro atoms. The molecule has 8 aromatic carbocycles. The minimum absolute atomic E-state index is 0. The van der Waals surface area contributed by atoms with E-state index in [1.165, 1.54) is 16.5 Å². The largest absolute Gasteiger partial charge is 0 e. The van der Waals surface area contributed by atoms with Crippen molar-refractivity contribution in [1.82, 2.24) is 14.5 Å². The number of nitrogens with zero attached hydrogens (tertiary/aromatic N) is 3. The molecule has 349 valence electrons. The number of para-hydroxylation sites is 2. The van der Waals surface area contributed by atoms with Crippen LogP contribution in [-0.2, 0) is 20.1 Å². The zero-order valence-electron chi connectivity index (χ0n) is 42.4.